The first-order valence-corrected chi connectivity index (χ1v) is 9.24. The van der Waals surface area contributed by atoms with Crippen LogP contribution in [0.3, 0.4) is 0 Å². The number of nitrogens with one attached hydrogen (secondary N) is 1. The number of aromatic amines is 1. The number of halogens is 1. The van der Waals surface area contributed by atoms with Crippen LogP contribution in [0.1, 0.15) is 30.8 Å². The van der Waals surface area contributed by atoms with Crippen LogP contribution in [-0.4, -0.2) is 35.7 Å². The lowest BCUT2D eigenvalue weighted by molar-refractivity contribution is 0.0955. The van der Waals surface area contributed by atoms with Crippen molar-refractivity contribution >= 4 is 33.3 Å². The molecule has 0 fully saturated rings. The lowest BCUT2D eigenvalue weighted by Crippen LogP contribution is -2.42. The molecule has 2 aromatic rings. The number of hydrogen-bond acceptors (Lipinski definition) is 6. The molecule has 148 valence electrons. The number of anilines is 2. The lowest BCUT2D eigenvalue weighted by atomic mass is 10.2. The number of nitrogen functional groups attached to an aromatic ring is 1. The van der Waals surface area contributed by atoms with Gasteiger partial charge in [0.25, 0.3) is 11.5 Å². The summed E-state index contributed by atoms with van der Waals surface area (Å²) in [7, 11) is 1.54. The summed E-state index contributed by atoms with van der Waals surface area (Å²) in [5, 5.41) is 0. The van der Waals surface area contributed by atoms with Crippen molar-refractivity contribution in [2.24, 2.45) is 5.92 Å². The number of amides is 1. The van der Waals surface area contributed by atoms with Crippen molar-refractivity contribution in [1.82, 2.24) is 9.55 Å². The molecule has 10 heteroatoms. The van der Waals surface area contributed by atoms with E-state index in [-0.39, 0.29) is 29.7 Å². The quantitative estimate of drug-likeness (QED) is 0.600. The van der Waals surface area contributed by atoms with Crippen LogP contribution in [0.15, 0.2) is 30.8 Å². The summed E-state index contributed by atoms with van der Waals surface area (Å²) in [5.41, 5.74) is 4.72. The molecule has 0 radical (unpaired) electrons. The van der Waals surface area contributed by atoms with E-state index in [4.69, 9.17) is 14.9 Å². The highest BCUT2D eigenvalue weighted by atomic mass is 79.9. The van der Waals surface area contributed by atoms with E-state index in [0.29, 0.717) is 24.2 Å². The largest absolute Gasteiger partial charge is 0.444 e. The van der Waals surface area contributed by atoms with Gasteiger partial charge in [-0.1, -0.05) is 13.8 Å². The van der Waals surface area contributed by atoms with E-state index in [0.717, 1.165) is 0 Å². The maximum absolute atomic E-state index is 13.0. The summed E-state index contributed by atoms with van der Waals surface area (Å²) < 4.78 is 12.0. The highest BCUT2D eigenvalue weighted by Gasteiger charge is 2.27. The van der Waals surface area contributed by atoms with Crippen LogP contribution in [0.2, 0.25) is 0 Å². The summed E-state index contributed by atoms with van der Waals surface area (Å²) in [6.07, 6.45) is 0.465. The normalized spacial score (nSPS) is 11.1. The van der Waals surface area contributed by atoms with Crippen molar-refractivity contribution < 1.29 is 13.9 Å². The van der Waals surface area contributed by atoms with Gasteiger partial charge in [-0.25, -0.2) is 4.79 Å². The molecule has 3 N–H and O–H groups in total. The number of nitrogens with two attached hydrogens (primary N) is 1. The smallest absolute Gasteiger partial charge is 0.330 e. The van der Waals surface area contributed by atoms with Gasteiger partial charge in [0.05, 0.1) is 0 Å². The minimum Gasteiger partial charge on any atom is -0.444 e. The molecule has 0 aliphatic carbocycles. The third-order valence-corrected chi connectivity index (χ3v) is 4.22. The molecule has 0 aromatic carbocycles. The molecule has 0 aliphatic heterocycles. The first-order chi connectivity index (χ1) is 12.8. The molecule has 9 nitrogen and oxygen atoms in total. The van der Waals surface area contributed by atoms with E-state index in [9.17, 15) is 14.4 Å². The minimum absolute atomic E-state index is 0.0414. The Bertz CT molecular complexity index is 915. The molecule has 0 saturated carbocycles. The van der Waals surface area contributed by atoms with E-state index < -0.39 is 17.2 Å². The van der Waals surface area contributed by atoms with Crippen LogP contribution < -0.4 is 21.9 Å². The number of rotatable bonds is 8. The molecule has 2 aromatic heterocycles. The SMILES string of the molecule is COCCCN(C(=O)c1ccc(Br)o1)c1c(N)n(CC(C)C)c(=O)[nH]c1=O. The molecule has 0 spiro atoms. The highest BCUT2D eigenvalue weighted by Crippen LogP contribution is 2.22. The Balaban J connectivity index is 2.56. The Morgan fingerprint density at radius 2 is 2.11 bits per heavy atom. The number of aromatic nitrogens is 2. The molecule has 1 amide bonds. The van der Waals surface area contributed by atoms with Crippen LogP contribution in [0.4, 0.5) is 11.5 Å². The van der Waals surface area contributed by atoms with Gasteiger partial charge in [0.15, 0.2) is 16.1 Å². The minimum atomic E-state index is -0.728. The molecule has 0 unspecified atom stereocenters. The van der Waals surface area contributed by atoms with Gasteiger partial charge >= 0.3 is 5.69 Å². The van der Waals surface area contributed by atoms with Gasteiger partial charge in [-0.2, -0.15) is 0 Å². The van der Waals surface area contributed by atoms with Crippen LogP contribution in [0, 0.1) is 5.92 Å². The third-order valence-electron chi connectivity index (χ3n) is 3.79. The molecule has 0 aliphatic rings. The number of furan rings is 1. The number of methoxy groups -OCH3 is 1. The molecule has 2 rings (SSSR count). The van der Waals surface area contributed by atoms with Gasteiger partial charge in [-0.05, 0) is 40.4 Å². The van der Waals surface area contributed by atoms with E-state index >= 15 is 0 Å². The first kappa shape index (κ1) is 21.0. The predicted molar refractivity (Wildman–Crippen MR) is 105 cm³/mol. The van der Waals surface area contributed by atoms with E-state index in [1.165, 1.54) is 15.5 Å². The van der Waals surface area contributed by atoms with Crippen molar-refractivity contribution in [3.63, 3.8) is 0 Å². The van der Waals surface area contributed by atoms with Gasteiger partial charge < -0.3 is 14.9 Å². The summed E-state index contributed by atoms with van der Waals surface area (Å²) in [5.74, 6) is -0.445. The van der Waals surface area contributed by atoms with E-state index in [2.05, 4.69) is 20.9 Å². The van der Waals surface area contributed by atoms with Gasteiger partial charge in [0, 0.05) is 26.8 Å². The van der Waals surface area contributed by atoms with Crippen LogP contribution >= 0.6 is 15.9 Å². The van der Waals surface area contributed by atoms with Gasteiger partial charge in [0.2, 0.25) is 0 Å². The first-order valence-electron chi connectivity index (χ1n) is 8.45. The average molecular weight is 443 g/mol. The number of carbonyl (C=O) groups is 1. The predicted octanol–water partition coefficient (Wildman–Crippen LogP) is 1.81. The molecular weight excluding hydrogens is 420 g/mol. The van der Waals surface area contributed by atoms with Crippen molar-refractivity contribution in [2.45, 2.75) is 26.8 Å². The van der Waals surface area contributed by atoms with Crippen LogP contribution in [0.25, 0.3) is 0 Å². The molecule has 0 atom stereocenters. The van der Waals surface area contributed by atoms with Crippen LogP contribution in [0.5, 0.6) is 0 Å². The second-order valence-corrected chi connectivity index (χ2v) is 7.19. The van der Waals surface area contributed by atoms with Crippen molar-refractivity contribution in [2.75, 3.05) is 30.9 Å². The Kier molecular flexibility index (Phi) is 7.03. The maximum atomic E-state index is 13.0. The van der Waals surface area contributed by atoms with Crippen molar-refractivity contribution in [1.29, 1.82) is 0 Å². The number of nitrogens with zero attached hydrogens (tertiary/aromatic N) is 2. The zero-order valence-corrected chi connectivity index (χ0v) is 17.0. The zero-order chi connectivity index (χ0) is 20.1. The summed E-state index contributed by atoms with van der Waals surface area (Å²) in [6, 6.07) is 3.07. The van der Waals surface area contributed by atoms with Crippen molar-refractivity contribution in [3.8, 4) is 0 Å². The standard InChI is InChI=1S/C17H23BrN4O5/c1-10(2)9-22-14(19)13(15(23)20-17(22)25)21(7-4-8-26-3)16(24)11-5-6-12(18)27-11/h5-6,10H,4,7-9,19H2,1-3H3,(H,20,23,25). The van der Waals surface area contributed by atoms with Gasteiger partial charge in [-0.15, -0.1) is 0 Å². The molecule has 0 bridgehead atoms. The topological polar surface area (TPSA) is 124 Å². The lowest BCUT2D eigenvalue weighted by Gasteiger charge is -2.24. The van der Waals surface area contributed by atoms with Crippen LogP contribution in [-0.2, 0) is 11.3 Å². The van der Waals surface area contributed by atoms with Crippen molar-refractivity contribution in [3.05, 3.63) is 43.4 Å². The number of ether oxygens (including phenoxy) is 1. The fraction of sp³-hybridized carbons (Fsp3) is 0.471. The highest BCUT2D eigenvalue weighted by molar-refractivity contribution is 9.10. The molecule has 27 heavy (non-hydrogen) atoms. The number of carbonyl (C=O) groups excluding carboxylic acids is 1. The second kappa shape index (κ2) is 9.05. The number of hydrogen-bond donors (Lipinski definition) is 2. The summed E-state index contributed by atoms with van der Waals surface area (Å²) >= 11 is 3.15. The summed E-state index contributed by atoms with van der Waals surface area (Å²) in [4.78, 5) is 41.1. The zero-order valence-electron chi connectivity index (χ0n) is 15.5. The molecule has 2 heterocycles. The monoisotopic (exact) mass is 442 g/mol. The van der Waals surface area contributed by atoms with Gasteiger partial charge in [-0.3, -0.25) is 24.0 Å². The fourth-order valence-electron chi connectivity index (χ4n) is 2.63. The molecule has 0 saturated heterocycles. The summed E-state index contributed by atoms with van der Waals surface area (Å²) in [6.45, 7) is 4.69. The maximum Gasteiger partial charge on any atom is 0.330 e. The Morgan fingerprint density at radius 1 is 1.41 bits per heavy atom. The fourth-order valence-corrected chi connectivity index (χ4v) is 2.94. The number of H-pyrrole nitrogens is 1. The van der Waals surface area contributed by atoms with E-state index in [1.807, 2.05) is 13.8 Å². The second-order valence-electron chi connectivity index (χ2n) is 6.40. The third kappa shape index (κ3) is 4.89. The molecular formula is C17H23BrN4O5. The van der Waals surface area contributed by atoms with E-state index in [1.54, 1.807) is 13.2 Å². The Labute approximate surface area is 164 Å². The average Bonchev–Trinajstić information content (AvgIpc) is 3.03. The van der Waals surface area contributed by atoms with Gasteiger partial charge in [0.1, 0.15) is 5.82 Å². The Hall–Kier alpha value is -2.33. The Morgan fingerprint density at radius 3 is 2.67 bits per heavy atom.